The number of fused-ring (bicyclic) bond motifs is 3. The van der Waals surface area contributed by atoms with Crippen LogP contribution in [0.15, 0.2) is 30.6 Å². The second-order valence-electron chi connectivity index (χ2n) is 13.4. The lowest BCUT2D eigenvalue weighted by atomic mass is 9.95. The first-order valence-electron chi connectivity index (χ1n) is 15.1. The third-order valence-electron chi connectivity index (χ3n) is 7.50. The molecule has 244 valence electrons. The maximum Gasteiger partial charge on any atom is 0.416 e. The molecule has 2 aliphatic rings. The SMILES string of the molecule is Cn1nc(CCNC(=O)OC(C)(C)C)cc1-c1cc2c(n3cnnc13)N(C(=O)OC(C)(C)C)Cc1c(F)ccc3c1[C@H](CO3)CO2. The molecular formula is C32H38FN7O6. The monoisotopic (exact) mass is 635 g/mol. The van der Waals surface area contributed by atoms with Gasteiger partial charge in [-0.15, -0.1) is 10.2 Å². The van der Waals surface area contributed by atoms with Crippen molar-refractivity contribution in [2.75, 3.05) is 24.7 Å². The minimum atomic E-state index is -0.824. The van der Waals surface area contributed by atoms with Gasteiger partial charge in [-0.05, 0) is 65.8 Å². The van der Waals surface area contributed by atoms with Gasteiger partial charge in [0.2, 0.25) is 0 Å². The lowest BCUT2D eigenvalue weighted by Crippen LogP contribution is -2.38. The van der Waals surface area contributed by atoms with Crippen molar-refractivity contribution in [2.45, 2.75) is 71.6 Å². The van der Waals surface area contributed by atoms with Crippen LogP contribution < -0.4 is 19.7 Å². The number of carbonyl (C=O) groups is 2. The summed E-state index contributed by atoms with van der Waals surface area (Å²) in [5.41, 5.74) is 2.11. The molecule has 0 saturated heterocycles. The molecule has 0 radical (unpaired) electrons. The summed E-state index contributed by atoms with van der Waals surface area (Å²) in [5.74, 6) is 0.516. The van der Waals surface area contributed by atoms with E-state index in [-0.39, 0.29) is 19.1 Å². The number of alkyl carbamates (subject to hydrolysis) is 1. The molecule has 14 heteroatoms. The third-order valence-corrected chi connectivity index (χ3v) is 7.50. The van der Waals surface area contributed by atoms with Crippen LogP contribution in [0.2, 0.25) is 0 Å². The van der Waals surface area contributed by atoms with Gasteiger partial charge in [0.15, 0.2) is 17.2 Å². The third kappa shape index (κ3) is 6.15. The zero-order valence-corrected chi connectivity index (χ0v) is 27.0. The minimum absolute atomic E-state index is 0.132. The van der Waals surface area contributed by atoms with Crippen molar-refractivity contribution in [3.63, 3.8) is 0 Å². The highest BCUT2D eigenvalue weighted by Gasteiger charge is 2.37. The predicted octanol–water partition coefficient (Wildman–Crippen LogP) is 5.15. The fraction of sp³-hybridized carbons (Fsp3) is 0.469. The van der Waals surface area contributed by atoms with E-state index in [0.717, 1.165) is 5.69 Å². The molecule has 0 fully saturated rings. The molecule has 3 aromatic heterocycles. The zero-order valence-electron chi connectivity index (χ0n) is 27.0. The van der Waals surface area contributed by atoms with E-state index in [1.165, 1.54) is 17.3 Å². The Bertz CT molecular complexity index is 1820. The molecule has 13 nitrogen and oxygen atoms in total. The minimum Gasteiger partial charge on any atom is -0.493 e. The lowest BCUT2D eigenvalue weighted by Gasteiger charge is -2.29. The fourth-order valence-electron chi connectivity index (χ4n) is 5.67. The van der Waals surface area contributed by atoms with E-state index in [2.05, 4.69) is 20.6 Å². The Morgan fingerprint density at radius 2 is 1.76 bits per heavy atom. The highest BCUT2D eigenvalue weighted by Crippen LogP contribution is 2.44. The van der Waals surface area contributed by atoms with Crippen LogP contribution in [0.25, 0.3) is 16.9 Å². The predicted molar refractivity (Wildman–Crippen MR) is 166 cm³/mol. The first kappa shape index (κ1) is 31.1. The largest absolute Gasteiger partial charge is 0.493 e. The Hall–Kier alpha value is -4.88. The van der Waals surface area contributed by atoms with Crippen molar-refractivity contribution >= 4 is 23.7 Å². The molecule has 0 aliphatic carbocycles. The number of benzene rings is 1. The molecule has 0 saturated carbocycles. The summed E-state index contributed by atoms with van der Waals surface area (Å²) in [6.45, 7) is 11.4. The van der Waals surface area contributed by atoms with E-state index in [0.29, 0.717) is 64.9 Å². The van der Waals surface area contributed by atoms with Crippen LogP contribution in [0, 0.1) is 5.82 Å². The second kappa shape index (κ2) is 11.5. The topological polar surface area (TPSA) is 134 Å². The highest BCUT2D eigenvalue weighted by atomic mass is 19.1. The molecule has 2 amide bonds. The maximum atomic E-state index is 15.5. The van der Waals surface area contributed by atoms with Crippen LogP contribution in [0.4, 0.5) is 19.8 Å². The van der Waals surface area contributed by atoms with Gasteiger partial charge in [0.25, 0.3) is 0 Å². The Labute approximate surface area is 265 Å². The summed E-state index contributed by atoms with van der Waals surface area (Å²) in [7, 11) is 1.80. The van der Waals surface area contributed by atoms with Gasteiger partial charge < -0.3 is 24.3 Å². The van der Waals surface area contributed by atoms with E-state index in [9.17, 15) is 9.59 Å². The zero-order chi connectivity index (χ0) is 33.0. The molecule has 6 rings (SSSR count). The first-order chi connectivity index (χ1) is 21.7. The molecule has 0 unspecified atom stereocenters. The molecule has 5 heterocycles. The van der Waals surface area contributed by atoms with E-state index in [1.54, 1.807) is 69.8 Å². The van der Waals surface area contributed by atoms with E-state index >= 15 is 4.39 Å². The van der Waals surface area contributed by atoms with Gasteiger partial charge in [0.1, 0.15) is 29.1 Å². The molecule has 0 spiro atoms. The van der Waals surface area contributed by atoms with Crippen molar-refractivity contribution in [1.29, 1.82) is 0 Å². The summed E-state index contributed by atoms with van der Waals surface area (Å²) in [6.07, 6.45) is 0.755. The smallest absolute Gasteiger partial charge is 0.416 e. The summed E-state index contributed by atoms with van der Waals surface area (Å²) in [5, 5.41) is 16.0. The summed E-state index contributed by atoms with van der Waals surface area (Å²) in [4.78, 5) is 27.3. The maximum absolute atomic E-state index is 15.5. The Morgan fingerprint density at radius 1 is 1.04 bits per heavy atom. The number of anilines is 1. The van der Waals surface area contributed by atoms with E-state index in [4.69, 9.17) is 18.9 Å². The number of halogens is 1. The van der Waals surface area contributed by atoms with Crippen molar-refractivity contribution in [1.82, 2.24) is 29.7 Å². The summed E-state index contributed by atoms with van der Waals surface area (Å²) >= 11 is 0. The Balaban J connectivity index is 1.41. The molecule has 1 aromatic carbocycles. The van der Waals surface area contributed by atoms with Gasteiger partial charge in [-0.2, -0.15) is 5.10 Å². The second-order valence-corrected chi connectivity index (χ2v) is 13.4. The van der Waals surface area contributed by atoms with Crippen LogP contribution in [0.3, 0.4) is 0 Å². The number of nitrogens with one attached hydrogen (secondary N) is 1. The number of nitrogens with zero attached hydrogens (tertiary/aromatic N) is 6. The molecule has 2 aliphatic heterocycles. The lowest BCUT2D eigenvalue weighted by molar-refractivity contribution is 0.0526. The number of aromatic nitrogens is 5. The quantitative estimate of drug-likeness (QED) is 0.323. The van der Waals surface area contributed by atoms with Crippen LogP contribution in [0.1, 0.15) is 64.3 Å². The van der Waals surface area contributed by atoms with Crippen molar-refractivity contribution in [3.8, 4) is 22.8 Å². The number of ether oxygens (including phenoxy) is 4. The highest BCUT2D eigenvalue weighted by molar-refractivity contribution is 5.91. The van der Waals surface area contributed by atoms with Gasteiger partial charge in [0.05, 0.1) is 37.1 Å². The van der Waals surface area contributed by atoms with Crippen LogP contribution in [-0.2, 0) is 29.5 Å². The average Bonchev–Trinajstić information content (AvgIpc) is 3.68. The number of hydrogen-bond acceptors (Lipinski definition) is 9. The number of hydrogen-bond donors (Lipinski definition) is 1. The van der Waals surface area contributed by atoms with Gasteiger partial charge in [-0.1, -0.05) is 0 Å². The normalized spacial score (nSPS) is 16.0. The summed E-state index contributed by atoms with van der Waals surface area (Å²) < 4.78 is 42.3. The molecule has 1 atom stereocenters. The standard InChI is InChI=1S/C32H38FN7O6/c1-31(2,3)45-29(41)34-11-10-19-12-23(38(7)37-19)20-13-25-28(40-17-35-36-27(20)40)39(30(42)46-32(4,5)6)14-21-22(33)8-9-24-26(21)18(15-43-24)16-44-25/h8-9,12-13,17-18H,10-11,14-16H2,1-7H3,(H,34,41)/t18-/m1/s1. The van der Waals surface area contributed by atoms with Crippen molar-refractivity contribution in [3.05, 3.63) is 53.2 Å². The van der Waals surface area contributed by atoms with Gasteiger partial charge in [0, 0.05) is 36.7 Å². The molecule has 46 heavy (non-hydrogen) atoms. The Morgan fingerprint density at radius 3 is 2.48 bits per heavy atom. The number of aryl methyl sites for hydroxylation is 1. The number of pyridine rings is 1. The van der Waals surface area contributed by atoms with Gasteiger partial charge in [-0.3, -0.25) is 14.0 Å². The Kier molecular flexibility index (Phi) is 7.77. The van der Waals surface area contributed by atoms with Crippen molar-refractivity contribution in [2.24, 2.45) is 7.05 Å². The first-order valence-corrected chi connectivity index (χ1v) is 15.1. The van der Waals surface area contributed by atoms with E-state index < -0.39 is 29.2 Å². The van der Waals surface area contributed by atoms with Crippen molar-refractivity contribution < 1.29 is 32.9 Å². The molecular weight excluding hydrogens is 597 g/mol. The summed E-state index contributed by atoms with van der Waals surface area (Å²) in [6, 6.07) is 6.65. The molecule has 4 aromatic rings. The number of amides is 2. The fourth-order valence-corrected chi connectivity index (χ4v) is 5.67. The molecule has 1 N–H and O–H groups in total. The van der Waals surface area contributed by atoms with Gasteiger partial charge >= 0.3 is 12.2 Å². The average molecular weight is 636 g/mol. The van der Waals surface area contributed by atoms with Crippen LogP contribution >= 0.6 is 0 Å². The number of carbonyl (C=O) groups excluding carboxylic acids is 2. The van der Waals surface area contributed by atoms with E-state index in [1.807, 2.05) is 6.07 Å². The number of rotatable bonds is 4. The van der Waals surface area contributed by atoms with Crippen LogP contribution in [-0.4, -0.2) is 67.5 Å². The van der Waals surface area contributed by atoms with Gasteiger partial charge in [-0.25, -0.2) is 14.0 Å². The molecule has 0 bridgehead atoms. The van der Waals surface area contributed by atoms with Crippen LogP contribution in [0.5, 0.6) is 11.5 Å².